The molecule has 0 aromatic carbocycles. The average Bonchev–Trinajstić information content (AvgIpc) is 2.86. The molecule has 2 heterocycles. The van der Waals surface area contributed by atoms with Crippen LogP contribution in [0.15, 0.2) is 18.3 Å². The number of halogens is 3. The van der Waals surface area contributed by atoms with Crippen molar-refractivity contribution in [2.24, 2.45) is 5.92 Å². The van der Waals surface area contributed by atoms with Crippen LogP contribution in [-0.4, -0.2) is 30.7 Å². The molecule has 0 saturated carbocycles. The van der Waals surface area contributed by atoms with Crippen LogP contribution in [0.4, 0.5) is 19.0 Å². The van der Waals surface area contributed by atoms with Crippen LogP contribution in [0.5, 0.6) is 0 Å². The molecule has 0 aliphatic carbocycles. The molecule has 1 atom stereocenters. The van der Waals surface area contributed by atoms with Crippen molar-refractivity contribution in [3.8, 4) is 0 Å². The number of anilines is 1. The van der Waals surface area contributed by atoms with Crippen molar-refractivity contribution in [3.63, 3.8) is 0 Å². The third kappa shape index (κ3) is 4.33. The molecule has 6 heteroatoms. The SMILES string of the molecule is CC(C)CNCC1CCCN1c1cc(C(F)(F)F)ccn1. The minimum absolute atomic E-state index is 0.222. The van der Waals surface area contributed by atoms with Gasteiger partial charge in [0.05, 0.1) is 5.56 Å². The van der Waals surface area contributed by atoms with Crippen LogP contribution >= 0.6 is 0 Å². The van der Waals surface area contributed by atoms with E-state index >= 15 is 0 Å². The third-order valence-electron chi connectivity index (χ3n) is 3.68. The molecule has 0 radical (unpaired) electrons. The van der Waals surface area contributed by atoms with E-state index in [2.05, 4.69) is 24.1 Å². The van der Waals surface area contributed by atoms with Gasteiger partial charge in [-0.05, 0) is 37.4 Å². The highest BCUT2D eigenvalue weighted by atomic mass is 19.4. The lowest BCUT2D eigenvalue weighted by atomic mass is 10.2. The van der Waals surface area contributed by atoms with E-state index in [0.29, 0.717) is 11.7 Å². The molecule has 1 fully saturated rings. The van der Waals surface area contributed by atoms with Gasteiger partial charge in [-0.1, -0.05) is 13.8 Å². The van der Waals surface area contributed by atoms with Crippen molar-refractivity contribution in [2.45, 2.75) is 38.9 Å². The fourth-order valence-corrected chi connectivity index (χ4v) is 2.64. The number of hydrogen-bond acceptors (Lipinski definition) is 3. The summed E-state index contributed by atoms with van der Waals surface area (Å²) in [7, 11) is 0. The monoisotopic (exact) mass is 301 g/mol. The molecule has 1 aromatic heterocycles. The number of aromatic nitrogens is 1. The zero-order chi connectivity index (χ0) is 15.5. The Morgan fingerprint density at radius 1 is 1.43 bits per heavy atom. The van der Waals surface area contributed by atoms with Gasteiger partial charge in [0.25, 0.3) is 0 Å². The summed E-state index contributed by atoms with van der Waals surface area (Å²) in [5.41, 5.74) is -0.631. The summed E-state index contributed by atoms with van der Waals surface area (Å²) in [6.07, 6.45) is -1.09. The van der Waals surface area contributed by atoms with Crippen molar-refractivity contribution in [2.75, 3.05) is 24.5 Å². The van der Waals surface area contributed by atoms with Gasteiger partial charge >= 0.3 is 6.18 Å². The molecule has 1 aliphatic rings. The van der Waals surface area contributed by atoms with Crippen molar-refractivity contribution in [1.29, 1.82) is 0 Å². The molecule has 1 saturated heterocycles. The summed E-state index contributed by atoms with van der Waals surface area (Å²) in [5, 5.41) is 3.38. The number of pyridine rings is 1. The van der Waals surface area contributed by atoms with E-state index in [0.717, 1.165) is 44.6 Å². The predicted molar refractivity (Wildman–Crippen MR) is 77.3 cm³/mol. The highest BCUT2D eigenvalue weighted by Crippen LogP contribution is 2.32. The number of alkyl halides is 3. The van der Waals surface area contributed by atoms with Gasteiger partial charge < -0.3 is 10.2 Å². The van der Waals surface area contributed by atoms with Crippen LogP contribution in [0.3, 0.4) is 0 Å². The normalized spacial score (nSPS) is 19.5. The number of rotatable bonds is 5. The summed E-state index contributed by atoms with van der Waals surface area (Å²) in [4.78, 5) is 6.12. The first-order chi connectivity index (χ1) is 9.88. The first kappa shape index (κ1) is 16.1. The summed E-state index contributed by atoms with van der Waals surface area (Å²) < 4.78 is 38.4. The number of hydrogen-bond donors (Lipinski definition) is 1. The Morgan fingerprint density at radius 3 is 2.86 bits per heavy atom. The zero-order valence-electron chi connectivity index (χ0n) is 12.5. The highest BCUT2D eigenvalue weighted by molar-refractivity contribution is 5.44. The Balaban J connectivity index is 2.06. The second-order valence-electron chi connectivity index (χ2n) is 5.94. The van der Waals surface area contributed by atoms with Gasteiger partial charge in [0, 0.05) is 25.3 Å². The van der Waals surface area contributed by atoms with E-state index in [4.69, 9.17) is 0 Å². The molecule has 1 N–H and O–H groups in total. The summed E-state index contributed by atoms with van der Waals surface area (Å²) in [6.45, 7) is 6.74. The topological polar surface area (TPSA) is 28.2 Å². The van der Waals surface area contributed by atoms with E-state index in [-0.39, 0.29) is 6.04 Å². The molecule has 1 aromatic rings. The Morgan fingerprint density at radius 2 is 2.19 bits per heavy atom. The molecule has 21 heavy (non-hydrogen) atoms. The first-order valence-corrected chi connectivity index (χ1v) is 7.38. The molecule has 3 nitrogen and oxygen atoms in total. The van der Waals surface area contributed by atoms with E-state index < -0.39 is 11.7 Å². The number of nitrogens with one attached hydrogen (secondary N) is 1. The molecule has 2 rings (SSSR count). The quantitative estimate of drug-likeness (QED) is 0.904. The molecule has 0 amide bonds. The Hall–Kier alpha value is -1.30. The minimum atomic E-state index is -4.32. The zero-order valence-corrected chi connectivity index (χ0v) is 12.5. The second kappa shape index (κ2) is 6.64. The van der Waals surface area contributed by atoms with Crippen molar-refractivity contribution >= 4 is 5.82 Å². The number of nitrogens with zero attached hydrogens (tertiary/aromatic N) is 2. The lowest BCUT2D eigenvalue weighted by molar-refractivity contribution is -0.137. The lowest BCUT2D eigenvalue weighted by Gasteiger charge is -2.27. The van der Waals surface area contributed by atoms with Crippen LogP contribution in [0.2, 0.25) is 0 Å². The second-order valence-corrected chi connectivity index (χ2v) is 5.94. The maximum absolute atomic E-state index is 12.8. The van der Waals surface area contributed by atoms with Gasteiger partial charge in [0.15, 0.2) is 0 Å². The van der Waals surface area contributed by atoms with Crippen molar-refractivity contribution < 1.29 is 13.2 Å². The van der Waals surface area contributed by atoms with Gasteiger partial charge in [0.1, 0.15) is 5.82 Å². The summed E-state index contributed by atoms with van der Waals surface area (Å²) in [6, 6.07) is 2.39. The maximum atomic E-state index is 12.8. The van der Waals surface area contributed by atoms with Crippen LogP contribution in [0, 0.1) is 5.92 Å². The molecule has 0 bridgehead atoms. The molecule has 1 aliphatic heterocycles. The summed E-state index contributed by atoms with van der Waals surface area (Å²) >= 11 is 0. The van der Waals surface area contributed by atoms with Crippen LogP contribution in [-0.2, 0) is 6.18 Å². The van der Waals surface area contributed by atoms with Gasteiger partial charge in [-0.2, -0.15) is 13.2 Å². The first-order valence-electron chi connectivity index (χ1n) is 7.38. The fourth-order valence-electron chi connectivity index (χ4n) is 2.64. The average molecular weight is 301 g/mol. The van der Waals surface area contributed by atoms with Gasteiger partial charge in [-0.3, -0.25) is 0 Å². The Kier molecular flexibility index (Phi) is 5.08. The van der Waals surface area contributed by atoms with E-state index in [1.54, 1.807) is 0 Å². The molecule has 118 valence electrons. The predicted octanol–water partition coefficient (Wildman–Crippen LogP) is 3.31. The molecule has 1 unspecified atom stereocenters. The summed E-state index contributed by atoms with van der Waals surface area (Å²) in [5.74, 6) is 0.991. The van der Waals surface area contributed by atoms with Crippen LogP contribution in [0.1, 0.15) is 32.3 Å². The van der Waals surface area contributed by atoms with Crippen LogP contribution in [0.25, 0.3) is 0 Å². The van der Waals surface area contributed by atoms with Crippen molar-refractivity contribution in [1.82, 2.24) is 10.3 Å². The Bertz CT molecular complexity index is 460. The lowest BCUT2D eigenvalue weighted by Crippen LogP contribution is -2.39. The highest BCUT2D eigenvalue weighted by Gasteiger charge is 2.32. The maximum Gasteiger partial charge on any atom is 0.416 e. The fraction of sp³-hybridized carbons (Fsp3) is 0.667. The Labute approximate surface area is 123 Å². The van der Waals surface area contributed by atoms with E-state index in [1.165, 1.54) is 6.20 Å². The van der Waals surface area contributed by atoms with Crippen molar-refractivity contribution in [3.05, 3.63) is 23.9 Å². The molecule has 0 spiro atoms. The van der Waals surface area contributed by atoms with Crippen LogP contribution < -0.4 is 10.2 Å². The van der Waals surface area contributed by atoms with Gasteiger partial charge in [-0.25, -0.2) is 4.98 Å². The molecular weight excluding hydrogens is 279 g/mol. The standard InChI is InChI=1S/C15H22F3N3/c1-11(2)9-19-10-13-4-3-7-21(13)14-8-12(5-6-20-14)15(16,17)18/h5-6,8,11,13,19H,3-4,7,9-10H2,1-2H3. The van der Waals surface area contributed by atoms with Gasteiger partial charge in [-0.15, -0.1) is 0 Å². The third-order valence-corrected chi connectivity index (χ3v) is 3.68. The van der Waals surface area contributed by atoms with E-state index in [1.807, 2.05) is 4.90 Å². The molecular formula is C15H22F3N3. The van der Waals surface area contributed by atoms with Gasteiger partial charge in [0.2, 0.25) is 0 Å². The largest absolute Gasteiger partial charge is 0.416 e. The smallest absolute Gasteiger partial charge is 0.352 e. The minimum Gasteiger partial charge on any atom is -0.352 e. The van der Waals surface area contributed by atoms with E-state index in [9.17, 15) is 13.2 Å².